The van der Waals surface area contributed by atoms with Gasteiger partial charge in [-0.15, -0.1) is 0 Å². The molecular weight excluding hydrogens is 244 g/mol. The molecule has 102 valence electrons. The fourth-order valence-electron chi connectivity index (χ4n) is 1.56. The first-order valence-corrected chi connectivity index (χ1v) is 6.23. The standard InChI is InChI=1S/C11H18N8/c1-4-7(2)8(3)15-10-16-9(12)17-11(18-10)19-6-13-5-14-19/h5-8H,4H2,1-3H3,(H3,12,15,16,17,18). The minimum absolute atomic E-state index is 0.152. The summed E-state index contributed by atoms with van der Waals surface area (Å²) in [5.41, 5.74) is 5.69. The van der Waals surface area contributed by atoms with Gasteiger partial charge in [0.05, 0.1) is 0 Å². The van der Waals surface area contributed by atoms with Gasteiger partial charge in [0, 0.05) is 6.04 Å². The molecule has 8 nitrogen and oxygen atoms in total. The second-order valence-corrected chi connectivity index (χ2v) is 4.48. The van der Waals surface area contributed by atoms with E-state index in [9.17, 15) is 0 Å². The van der Waals surface area contributed by atoms with Crippen LogP contribution in [0.2, 0.25) is 0 Å². The zero-order chi connectivity index (χ0) is 13.8. The number of nitrogens with two attached hydrogens (primary N) is 1. The van der Waals surface area contributed by atoms with E-state index in [4.69, 9.17) is 5.73 Å². The fraction of sp³-hybridized carbons (Fsp3) is 0.545. The summed E-state index contributed by atoms with van der Waals surface area (Å²) in [6, 6.07) is 0.246. The Hall–Kier alpha value is -2.25. The molecular formula is C11H18N8. The molecule has 8 heteroatoms. The van der Waals surface area contributed by atoms with E-state index in [-0.39, 0.29) is 12.0 Å². The van der Waals surface area contributed by atoms with Gasteiger partial charge in [-0.25, -0.2) is 4.98 Å². The van der Waals surface area contributed by atoms with Gasteiger partial charge in [-0.05, 0) is 12.8 Å². The molecule has 0 aliphatic heterocycles. The van der Waals surface area contributed by atoms with Crippen LogP contribution in [0.25, 0.3) is 5.95 Å². The fourth-order valence-corrected chi connectivity index (χ4v) is 1.56. The summed E-state index contributed by atoms with van der Waals surface area (Å²) in [6.07, 6.45) is 4.00. The molecule has 0 aliphatic carbocycles. The SMILES string of the molecule is CCC(C)C(C)Nc1nc(N)nc(-n2cncn2)n1. The van der Waals surface area contributed by atoms with Gasteiger partial charge in [0.15, 0.2) is 0 Å². The highest BCUT2D eigenvalue weighted by atomic mass is 15.4. The van der Waals surface area contributed by atoms with Crippen LogP contribution in [0.4, 0.5) is 11.9 Å². The largest absolute Gasteiger partial charge is 0.368 e. The molecule has 2 aromatic rings. The summed E-state index contributed by atoms with van der Waals surface area (Å²) in [6.45, 7) is 6.40. The zero-order valence-corrected chi connectivity index (χ0v) is 11.3. The molecule has 2 rings (SSSR count). The lowest BCUT2D eigenvalue weighted by molar-refractivity contribution is 0.492. The van der Waals surface area contributed by atoms with Crippen molar-refractivity contribution in [3.05, 3.63) is 12.7 Å². The van der Waals surface area contributed by atoms with Gasteiger partial charge < -0.3 is 11.1 Å². The molecule has 3 N–H and O–H groups in total. The number of hydrogen-bond donors (Lipinski definition) is 2. The van der Waals surface area contributed by atoms with Crippen molar-refractivity contribution in [2.75, 3.05) is 11.1 Å². The molecule has 0 fully saturated rings. The second-order valence-electron chi connectivity index (χ2n) is 4.48. The lowest BCUT2D eigenvalue weighted by atomic mass is 10.0. The van der Waals surface area contributed by atoms with Gasteiger partial charge in [-0.1, -0.05) is 20.3 Å². The van der Waals surface area contributed by atoms with Gasteiger partial charge in [0.25, 0.3) is 5.95 Å². The molecule has 2 heterocycles. The molecule has 2 unspecified atom stereocenters. The van der Waals surface area contributed by atoms with Crippen molar-refractivity contribution in [1.29, 1.82) is 0 Å². The quantitative estimate of drug-likeness (QED) is 0.823. The molecule has 2 aromatic heterocycles. The van der Waals surface area contributed by atoms with Crippen LogP contribution in [-0.4, -0.2) is 35.8 Å². The third-order valence-electron chi connectivity index (χ3n) is 3.12. The van der Waals surface area contributed by atoms with Crippen LogP contribution in [0.1, 0.15) is 27.2 Å². The predicted octanol–water partition coefficient (Wildman–Crippen LogP) is 0.881. The first-order chi connectivity index (χ1) is 9.10. The average Bonchev–Trinajstić information content (AvgIpc) is 2.90. The highest BCUT2D eigenvalue weighted by molar-refractivity contribution is 5.35. The Morgan fingerprint density at radius 3 is 2.74 bits per heavy atom. The second kappa shape index (κ2) is 5.59. The molecule has 19 heavy (non-hydrogen) atoms. The van der Waals surface area contributed by atoms with Crippen LogP contribution < -0.4 is 11.1 Å². The molecule has 0 spiro atoms. The molecule has 0 aromatic carbocycles. The van der Waals surface area contributed by atoms with Crippen molar-refractivity contribution in [3.8, 4) is 5.95 Å². The summed E-state index contributed by atoms with van der Waals surface area (Å²) < 4.78 is 1.44. The highest BCUT2D eigenvalue weighted by Crippen LogP contribution is 2.13. The molecule has 0 bridgehead atoms. The highest BCUT2D eigenvalue weighted by Gasteiger charge is 2.13. The van der Waals surface area contributed by atoms with E-state index in [2.05, 4.69) is 51.1 Å². The van der Waals surface area contributed by atoms with E-state index in [1.165, 1.54) is 17.3 Å². The Labute approximate surface area is 111 Å². The molecule has 0 radical (unpaired) electrons. The maximum absolute atomic E-state index is 5.69. The van der Waals surface area contributed by atoms with E-state index in [1.807, 2.05) is 0 Å². The molecule has 0 saturated carbocycles. The van der Waals surface area contributed by atoms with E-state index < -0.39 is 0 Å². The minimum atomic E-state index is 0.152. The Bertz CT molecular complexity index is 523. The van der Waals surface area contributed by atoms with E-state index >= 15 is 0 Å². The summed E-state index contributed by atoms with van der Waals surface area (Å²) in [4.78, 5) is 16.2. The number of rotatable bonds is 5. The van der Waals surface area contributed by atoms with Gasteiger partial charge in [-0.2, -0.15) is 24.7 Å². The smallest absolute Gasteiger partial charge is 0.258 e. The van der Waals surface area contributed by atoms with Crippen molar-refractivity contribution >= 4 is 11.9 Å². The predicted molar refractivity (Wildman–Crippen MR) is 71.7 cm³/mol. The summed E-state index contributed by atoms with van der Waals surface area (Å²) >= 11 is 0. The number of nitrogens with one attached hydrogen (secondary N) is 1. The summed E-state index contributed by atoms with van der Waals surface area (Å²) in [5.74, 6) is 1.46. The average molecular weight is 262 g/mol. The van der Waals surface area contributed by atoms with Crippen molar-refractivity contribution < 1.29 is 0 Å². The van der Waals surface area contributed by atoms with Gasteiger partial charge >= 0.3 is 0 Å². The van der Waals surface area contributed by atoms with Gasteiger partial charge in [-0.3, -0.25) is 0 Å². The van der Waals surface area contributed by atoms with Crippen LogP contribution in [0, 0.1) is 5.92 Å². The topological polar surface area (TPSA) is 107 Å². The lowest BCUT2D eigenvalue weighted by Crippen LogP contribution is -2.25. The number of hydrogen-bond acceptors (Lipinski definition) is 7. The van der Waals surface area contributed by atoms with Gasteiger partial charge in [0.2, 0.25) is 11.9 Å². The number of nitrogens with zero attached hydrogens (tertiary/aromatic N) is 6. The van der Waals surface area contributed by atoms with Crippen molar-refractivity contribution in [2.45, 2.75) is 33.2 Å². The Kier molecular flexibility index (Phi) is 3.88. The maximum atomic E-state index is 5.69. The third-order valence-corrected chi connectivity index (χ3v) is 3.12. The first-order valence-electron chi connectivity index (χ1n) is 6.23. The Morgan fingerprint density at radius 2 is 2.11 bits per heavy atom. The third kappa shape index (κ3) is 3.15. The monoisotopic (exact) mass is 262 g/mol. The molecule has 2 atom stereocenters. The molecule has 0 amide bonds. The number of anilines is 2. The van der Waals surface area contributed by atoms with Crippen molar-refractivity contribution in [1.82, 2.24) is 29.7 Å². The van der Waals surface area contributed by atoms with E-state index in [0.717, 1.165) is 6.42 Å². The number of nitrogen functional groups attached to an aromatic ring is 1. The van der Waals surface area contributed by atoms with Gasteiger partial charge in [0.1, 0.15) is 12.7 Å². The normalized spacial score (nSPS) is 14.1. The molecule has 0 aliphatic rings. The molecule has 0 saturated heterocycles. The van der Waals surface area contributed by atoms with Crippen LogP contribution in [0.15, 0.2) is 12.7 Å². The van der Waals surface area contributed by atoms with Crippen LogP contribution in [0.5, 0.6) is 0 Å². The van der Waals surface area contributed by atoms with Crippen LogP contribution >= 0.6 is 0 Å². The summed E-state index contributed by atoms with van der Waals surface area (Å²) in [5, 5.41) is 7.20. The van der Waals surface area contributed by atoms with Crippen LogP contribution in [-0.2, 0) is 0 Å². The number of aromatic nitrogens is 6. The zero-order valence-electron chi connectivity index (χ0n) is 11.3. The van der Waals surface area contributed by atoms with E-state index in [1.54, 1.807) is 0 Å². The lowest BCUT2D eigenvalue weighted by Gasteiger charge is -2.19. The van der Waals surface area contributed by atoms with Crippen LogP contribution in [0.3, 0.4) is 0 Å². The maximum Gasteiger partial charge on any atom is 0.258 e. The summed E-state index contributed by atoms with van der Waals surface area (Å²) in [7, 11) is 0. The minimum Gasteiger partial charge on any atom is -0.368 e. The first kappa shape index (κ1) is 13.2. The van der Waals surface area contributed by atoms with Crippen molar-refractivity contribution in [3.63, 3.8) is 0 Å². The van der Waals surface area contributed by atoms with E-state index in [0.29, 0.717) is 17.8 Å². The van der Waals surface area contributed by atoms with Crippen molar-refractivity contribution in [2.24, 2.45) is 5.92 Å². The Morgan fingerprint density at radius 1 is 1.32 bits per heavy atom. The Balaban J connectivity index is 2.22.